The zero-order chi connectivity index (χ0) is 23.2. The minimum atomic E-state index is 0.470. The summed E-state index contributed by atoms with van der Waals surface area (Å²) in [6, 6.07) is 13.8. The number of nitrogen functional groups attached to an aromatic ring is 1. The van der Waals surface area contributed by atoms with E-state index < -0.39 is 0 Å². The molecule has 2 aromatic rings. The molecular weight excluding hydrogens is 378 g/mol. The SMILES string of the molecule is CC/C=C(\c1cc(C#N)c(C)cc1C)c1cccc(N)c1C#N.CCCCCCCC. The molecule has 0 aliphatic rings. The van der Waals surface area contributed by atoms with Gasteiger partial charge in [0.05, 0.1) is 22.9 Å². The highest BCUT2D eigenvalue weighted by Crippen LogP contribution is 2.32. The van der Waals surface area contributed by atoms with E-state index in [0.717, 1.165) is 34.2 Å². The quantitative estimate of drug-likeness (QED) is 0.352. The summed E-state index contributed by atoms with van der Waals surface area (Å²) in [6.07, 6.45) is 11.4. The molecular formula is C28H37N3. The molecule has 164 valence electrons. The van der Waals surface area contributed by atoms with E-state index in [-0.39, 0.29) is 0 Å². The zero-order valence-electron chi connectivity index (χ0n) is 19.9. The average Bonchev–Trinajstić information content (AvgIpc) is 2.76. The molecule has 2 rings (SSSR count). The maximum atomic E-state index is 9.47. The summed E-state index contributed by atoms with van der Waals surface area (Å²) in [6.45, 7) is 10.5. The predicted molar refractivity (Wildman–Crippen MR) is 133 cm³/mol. The molecule has 0 aromatic heterocycles. The van der Waals surface area contributed by atoms with E-state index in [1.165, 1.54) is 38.5 Å². The number of nitriles is 2. The van der Waals surface area contributed by atoms with Gasteiger partial charge >= 0.3 is 0 Å². The van der Waals surface area contributed by atoms with E-state index in [2.05, 4.69) is 32.1 Å². The van der Waals surface area contributed by atoms with Gasteiger partial charge in [-0.3, -0.25) is 0 Å². The fourth-order valence-corrected chi connectivity index (χ4v) is 3.60. The van der Waals surface area contributed by atoms with Crippen LogP contribution < -0.4 is 5.73 Å². The number of nitrogens with zero attached hydrogens (tertiary/aromatic N) is 2. The van der Waals surface area contributed by atoms with Gasteiger partial charge in [0.25, 0.3) is 0 Å². The van der Waals surface area contributed by atoms with E-state index in [1.807, 2.05) is 45.0 Å². The van der Waals surface area contributed by atoms with Gasteiger partial charge < -0.3 is 5.73 Å². The van der Waals surface area contributed by atoms with Crippen LogP contribution in [0.3, 0.4) is 0 Å². The number of rotatable bonds is 8. The van der Waals surface area contributed by atoms with Gasteiger partial charge in [0.15, 0.2) is 0 Å². The van der Waals surface area contributed by atoms with Gasteiger partial charge in [-0.25, -0.2) is 0 Å². The predicted octanol–water partition coefficient (Wildman–Crippen LogP) is 7.84. The van der Waals surface area contributed by atoms with Crippen LogP contribution in [-0.4, -0.2) is 0 Å². The summed E-state index contributed by atoms with van der Waals surface area (Å²) in [5.41, 5.74) is 12.3. The Kier molecular flexibility index (Phi) is 11.8. The van der Waals surface area contributed by atoms with Gasteiger partial charge in [-0.1, -0.05) is 83.6 Å². The third-order valence-corrected chi connectivity index (χ3v) is 5.35. The van der Waals surface area contributed by atoms with Crippen LogP contribution in [0.1, 0.15) is 99.1 Å². The Bertz CT molecular complexity index is 949. The Morgan fingerprint density at radius 3 is 2.03 bits per heavy atom. The van der Waals surface area contributed by atoms with Crippen LogP contribution in [0.4, 0.5) is 5.69 Å². The number of nitrogens with two attached hydrogens (primary N) is 1. The number of anilines is 1. The highest BCUT2D eigenvalue weighted by atomic mass is 14.6. The van der Waals surface area contributed by atoms with E-state index in [9.17, 15) is 10.5 Å². The van der Waals surface area contributed by atoms with Crippen LogP contribution in [0.15, 0.2) is 36.4 Å². The van der Waals surface area contributed by atoms with Gasteiger partial charge in [-0.2, -0.15) is 10.5 Å². The summed E-state index contributed by atoms with van der Waals surface area (Å²) in [7, 11) is 0. The van der Waals surface area contributed by atoms with E-state index in [1.54, 1.807) is 6.07 Å². The Morgan fingerprint density at radius 2 is 1.52 bits per heavy atom. The van der Waals surface area contributed by atoms with Crippen LogP contribution in [0.5, 0.6) is 0 Å². The third kappa shape index (κ3) is 7.62. The van der Waals surface area contributed by atoms with Crippen LogP contribution in [-0.2, 0) is 0 Å². The number of unbranched alkanes of at least 4 members (excludes halogenated alkanes) is 5. The number of hydrogen-bond donors (Lipinski definition) is 1. The maximum Gasteiger partial charge on any atom is 0.102 e. The minimum Gasteiger partial charge on any atom is -0.398 e. The highest BCUT2D eigenvalue weighted by Gasteiger charge is 2.15. The van der Waals surface area contributed by atoms with Crippen molar-refractivity contribution in [3.05, 3.63) is 69.8 Å². The van der Waals surface area contributed by atoms with Gasteiger partial charge in [0.1, 0.15) is 6.07 Å². The lowest BCUT2D eigenvalue weighted by Crippen LogP contribution is -2.00. The van der Waals surface area contributed by atoms with Crippen molar-refractivity contribution in [2.45, 2.75) is 79.6 Å². The molecule has 2 N–H and O–H groups in total. The molecule has 0 saturated heterocycles. The minimum absolute atomic E-state index is 0.470. The molecule has 0 saturated carbocycles. The normalized spacial score (nSPS) is 10.6. The van der Waals surface area contributed by atoms with E-state index in [4.69, 9.17) is 5.73 Å². The van der Waals surface area contributed by atoms with Crippen molar-refractivity contribution < 1.29 is 0 Å². The van der Waals surface area contributed by atoms with Gasteiger partial charge in [-0.05, 0) is 54.7 Å². The lowest BCUT2D eigenvalue weighted by atomic mass is 9.88. The molecule has 0 aliphatic carbocycles. The molecule has 2 aromatic carbocycles. The van der Waals surface area contributed by atoms with Crippen molar-refractivity contribution in [2.24, 2.45) is 0 Å². The molecule has 0 fully saturated rings. The summed E-state index contributed by atoms with van der Waals surface area (Å²) in [5, 5.41) is 18.8. The first kappa shape index (κ1) is 26.0. The smallest absolute Gasteiger partial charge is 0.102 e. The van der Waals surface area contributed by atoms with Crippen molar-refractivity contribution in [2.75, 3.05) is 5.73 Å². The Morgan fingerprint density at radius 1 is 0.871 bits per heavy atom. The van der Waals surface area contributed by atoms with Gasteiger partial charge in [0.2, 0.25) is 0 Å². The molecule has 0 amide bonds. The lowest BCUT2D eigenvalue weighted by Gasteiger charge is -2.15. The van der Waals surface area contributed by atoms with E-state index in [0.29, 0.717) is 16.8 Å². The largest absolute Gasteiger partial charge is 0.398 e. The second-order valence-corrected chi connectivity index (χ2v) is 7.92. The summed E-state index contributed by atoms with van der Waals surface area (Å²) < 4.78 is 0. The number of hydrogen-bond acceptors (Lipinski definition) is 3. The van der Waals surface area contributed by atoms with Crippen molar-refractivity contribution in [3.8, 4) is 12.1 Å². The highest BCUT2D eigenvalue weighted by molar-refractivity contribution is 5.86. The Hall–Kier alpha value is -3.04. The van der Waals surface area contributed by atoms with Crippen LogP contribution in [0.2, 0.25) is 0 Å². The fourth-order valence-electron chi connectivity index (χ4n) is 3.60. The lowest BCUT2D eigenvalue weighted by molar-refractivity contribution is 0.624. The first-order valence-electron chi connectivity index (χ1n) is 11.5. The van der Waals surface area contributed by atoms with Crippen LogP contribution >= 0.6 is 0 Å². The molecule has 0 aliphatic heterocycles. The van der Waals surface area contributed by atoms with Crippen molar-refractivity contribution in [1.29, 1.82) is 10.5 Å². The Labute approximate surface area is 189 Å². The van der Waals surface area contributed by atoms with Gasteiger partial charge in [-0.15, -0.1) is 0 Å². The first-order valence-corrected chi connectivity index (χ1v) is 11.5. The summed E-state index contributed by atoms with van der Waals surface area (Å²) in [4.78, 5) is 0. The fraction of sp³-hybridized carbons (Fsp3) is 0.429. The van der Waals surface area contributed by atoms with Crippen LogP contribution in [0, 0.1) is 36.5 Å². The van der Waals surface area contributed by atoms with Crippen molar-refractivity contribution >= 4 is 11.3 Å². The van der Waals surface area contributed by atoms with Crippen molar-refractivity contribution in [3.63, 3.8) is 0 Å². The topological polar surface area (TPSA) is 73.6 Å². The first-order chi connectivity index (χ1) is 14.9. The van der Waals surface area contributed by atoms with E-state index >= 15 is 0 Å². The molecule has 0 atom stereocenters. The molecule has 31 heavy (non-hydrogen) atoms. The second-order valence-electron chi connectivity index (χ2n) is 7.92. The second kappa shape index (κ2) is 14.1. The number of benzene rings is 2. The third-order valence-electron chi connectivity index (χ3n) is 5.35. The summed E-state index contributed by atoms with van der Waals surface area (Å²) >= 11 is 0. The zero-order valence-corrected chi connectivity index (χ0v) is 19.9. The maximum absolute atomic E-state index is 9.47. The monoisotopic (exact) mass is 415 g/mol. The molecule has 3 nitrogen and oxygen atoms in total. The van der Waals surface area contributed by atoms with Crippen molar-refractivity contribution in [1.82, 2.24) is 0 Å². The molecule has 3 heteroatoms. The average molecular weight is 416 g/mol. The Balaban J connectivity index is 0.000000512. The molecule has 0 heterocycles. The number of allylic oxidation sites excluding steroid dienone is 1. The molecule has 0 bridgehead atoms. The molecule has 0 spiro atoms. The summed E-state index contributed by atoms with van der Waals surface area (Å²) in [5.74, 6) is 0. The molecule has 0 radical (unpaired) electrons. The van der Waals surface area contributed by atoms with Gasteiger partial charge in [0, 0.05) is 5.56 Å². The molecule has 0 unspecified atom stereocenters. The number of aryl methyl sites for hydroxylation is 2. The standard InChI is InChI=1S/C20H19N3.C8H18/c1-4-6-16(17-7-5-8-20(23)19(17)12-22)18-10-15(11-21)13(2)9-14(18)3;1-3-5-7-8-6-4-2/h5-10H,4,23H2,1-3H3;3-8H2,1-2H3/b16-6-;. The van der Waals surface area contributed by atoms with Crippen LogP contribution in [0.25, 0.3) is 5.57 Å².